The van der Waals surface area contributed by atoms with Gasteiger partial charge in [-0.2, -0.15) is 0 Å². The molecule has 1 amide bonds. The van der Waals surface area contributed by atoms with E-state index in [1.54, 1.807) is 34.4 Å². The van der Waals surface area contributed by atoms with Gasteiger partial charge in [0, 0.05) is 42.0 Å². The predicted molar refractivity (Wildman–Crippen MR) is 126 cm³/mol. The Morgan fingerprint density at radius 3 is 2.76 bits per heavy atom. The maximum absolute atomic E-state index is 14.0. The first-order chi connectivity index (χ1) is 16.1. The Hall–Kier alpha value is -3.04. The molecule has 4 aromatic rings. The summed E-state index contributed by atoms with van der Waals surface area (Å²) in [6.07, 6.45) is 4.33. The number of aromatic amines is 2. The molecule has 0 spiro atoms. The molecule has 1 fully saturated rings. The number of H-pyrrole nitrogens is 2. The van der Waals surface area contributed by atoms with Crippen molar-refractivity contribution in [1.29, 1.82) is 0 Å². The molecule has 0 radical (unpaired) electrons. The molecule has 33 heavy (non-hydrogen) atoms. The van der Waals surface area contributed by atoms with Crippen molar-refractivity contribution in [2.24, 2.45) is 0 Å². The van der Waals surface area contributed by atoms with Gasteiger partial charge in [0.1, 0.15) is 22.2 Å². The number of aromatic nitrogens is 3. The number of piperazine rings is 1. The van der Waals surface area contributed by atoms with E-state index >= 15 is 0 Å². The lowest BCUT2D eigenvalue weighted by molar-refractivity contribution is 0.0620. The smallest absolute Gasteiger partial charge is 0.270 e. The molecule has 2 aliphatic rings. The molecule has 3 aromatic heterocycles. The fourth-order valence-electron chi connectivity index (χ4n) is 5.01. The summed E-state index contributed by atoms with van der Waals surface area (Å²) in [7, 11) is 0. The third kappa shape index (κ3) is 3.65. The number of amides is 1. The Bertz CT molecular complexity index is 1430. The third-order valence-corrected chi connectivity index (χ3v) is 7.93. The number of hydrogen-bond acceptors (Lipinski definition) is 5. The average molecular weight is 466 g/mol. The highest BCUT2D eigenvalue weighted by atomic mass is 32.1. The first kappa shape index (κ1) is 20.6. The normalized spacial score (nSPS) is 17.1. The van der Waals surface area contributed by atoms with Gasteiger partial charge in [-0.05, 0) is 49.4 Å². The van der Waals surface area contributed by atoms with Crippen molar-refractivity contribution in [3.05, 3.63) is 62.4 Å². The lowest BCUT2D eigenvalue weighted by Gasteiger charge is -2.34. The summed E-state index contributed by atoms with van der Waals surface area (Å²) < 4.78 is 14.0. The van der Waals surface area contributed by atoms with Gasteiger partial charge in [-0.15, -0.1) is 11.3 Å². The summed E-state index contributed by atoms with van der Waals surface area (Å²) in [4.78, 5) is 42.7. The Balaban J connectivity index is 1.14. The first-order valence-electron chi connectivity index (χ1n) is 11.4. The summed E-state index contributed by atoms with van der Waals surface area (Å²) in [5, 5.41) is 1.21. The van der Waals surface area contributed by atoms with Crippen LogP contribution in [0.25, 0.3) is 21.1 Å². The van der Waals surface area contributed by atoms with Crippen LogP contribution in [-0.4, -0.2) is 56.8 Å². The molecule has 0 atom stereocenters. The van der Waals surface area contributed by atoms with Crippen LogP contribution in [0.2, 0.25) is 0 Å². The van der Waals surface area contributed by atoms with Gasteiger partial charge in [-0.3, -0.25) is 14.5 Å². The van der Waals surface area contributed by atoms with Gasteiger partial charge >= 0.3 is 0 Å². The summed E-state index contributed by atoms with van der Waals surface area (Å²) in [6, 6.07) is 6.37. The van der Waals surface area contributed by atoms with E-state index in [1.807, 2.05) is 0 Å². The van der Waals surface area contributed by atoms with Gasteiger partial charge in [0.05, 0.1) is 11.9 Å². The van der Waals surface area contributed by atoms with Crippen molar-refractivity contribution in [3.8, 4) is 0 Å². The number of carbonyl (C=O) groups is 1. The van der Waals surface area contributed by atoms with Crippen LogP contribution in [-0.2, 0) is 19.4 Å². The summed E-state index contributed by atoms with van der Waals surface area (Å²) >= 11 is 1.66. The molecular weight excluding hydrogens is 441 g/mol. The topological polar surface area (TPSA) is 85.1 Å². The number of nitrogens with zero attached hydrogens (tertiary/aromatic N) is 3. The molecule has 0 unspecified atom stereocenters. The number of nitrogens with one attached hydrogen (secondary N) is 2. The van der Waals surface area contributed by atoms with Crippen molar-refractivity contribution < 1.29 is 9.18 Å². The monoisotopic (exact) mass is 465 g/mol. The maximum atomic E-state index is 14.0. The van der Waals surface area contributed by atoms with Crippen LogP contribution in [0, 0.1) is 5.82 Å². The molecule has 1 aliphatic carbocycles. The molecule has 1 aliphatic heterocycles. The van der Waals surface area contributed by atoms with E-state index < -0.39 is 0 Å². The van der Waals surface area contributed by atoms with Crippen molar-refractivity contribution in [3.63, 3.8) is 0 Å². The van der Waals surface area contributed by atoms with E-state index in [0.29, 0.717) is 55.1 Å². The molecule has 170 valence electrons. The Morgan fingerprint density at radius 2 is 1.94 bits per heavy atom. The van der Waals surface area contributed by atoms with Crippen LogP contribution in [0.3, 0.4) is 0 Å². The second kappa shape index (κ2) is 8.07. The standard InChI is InChI=1S/C24H24FN5O2S/c25-16-5-3-6-17-15(16)12-18(26-17)24(32)30-10-8-29(9-11-30)13-20-27-22(31)21-14-4-1-2-7-19(14)33-23(21)28-20/h3,5-6,12,26H,1-2,4,7-11,13H2,(H,27,28,31). The zero-order chi connectivity index (χ0) is 22.5. The van der Waals surface area contributed by atoms with E-state index in [9.17, 15) is 14.0 Å². The summed E-state index contributed by atoms with van der Waals surface area (Å²) in [6.45, 7) is 3.05. The van der Waals surface area contributed by atoms with E-state index in [4.69, 9.17) is 4.98 Å². The van der Waals surface area contributed by atoms with Gasteiger partial charge in [-0.25, -0.2) is 9.37 Å². The number of carbonyl (C=O) groups excluding carboxylic acids is 1. The molecule has 6 rings (SSSR count). The molecule has 0 saturated carbocycles. The second-order valence-corrected chi connectivity index (χ2v) is 9.94. The highest BCUT2D eigenvalue weighted by Crippen LogP contribution is 2.33. The minimum atomic E-state index is -0.335. The Kier molecular flexibility index (Phi) is 5.03. The van der Waals surface area contributed by atoms with Crippen LogP contribution in [0.4, 0.5) is 4.39 Å². The van der Waals surface area contributed by atoms with E-state index in [1.165, 1.54) is 22.9 Å². The fourth-order valence-corrected chi connectivity index (χ4v) is 6.29. The lowest BCUT2D eigenvalue weighted by Crippen LogP contribution is -2.48. The zero-order valence-corrected chi connectivity index (χ0v) is 18.9. The quantitative estimate of drug-likeness (QED) is 0.485. The number of fused-ring (bicyclic) bond motifs is 4. The highest BCUT2D eigenvalue weighted by Gasteiger charge is 2.25. The largest absolute Gasteiger partial charge is 0.350 e. The molecule has 2 N–H and O–H groups in total. The fraction of sp³-hybridized carbons (Fsp3) is 0.375. The number of halogens is 1. The van der Waals surface area contributed by atoms with Crippen LogP contribution < -0.4 is 5.56 Å². The molecule has 1 aromatic carbocycles. The van der Waals surface area contributed by atoms with Gasteiger partial charge < -0.3 is 14.9 Å². The SMILES string of the molecule is O=C(c1cc2c(F)cccc2[nH]1)N1CCN(Cc2nc3sc4c(c3c(=O)[nH]2)CCCC4)CC1. The number of benzene rings is 1. The predicted octanol–water partition coefficient (Wildman–Crippen LogP) is 3.44. The van der Waals surface area contributed by atoms with Crippen molar-refractivity contribution in [1.82, 2.24) is 24.8 Å². The molecule has 1 saturated heterocycles. The summed E-state index contributed by atoms with van der Waals surface area (Å²) in [5.74, 6) is 0.219. The first-order valence-corrected chi connectivity index (χ1v) is 12.2. The van der Waals surface area contributed by atoms with E-state index in [0.717, 1.165) is 29.5 Å². The van der Waals surface area contributed by atoms with Crippen LogP contribution >= 0.6 is 11.3 Å². The average Bonchev–Trinajstić information content (AvgIpc) is 3.42. The minimum absolute atomic E-state index is 0.0331. The Morgan fingerprint density at radius 1 is 1.12 bits per heavy atom. The zero-order valence-electron chi connectivity index (χ0n) is 18.1. The third-order valence-electron chi connectivity index (χ3n) is 6.75. The summed E-state index contributed by atoms with van der Waals surface area (Å²) in [5.41, 5.74) is 2.19. The number of rotatable bonds is 3. The molecule has 0 bridgehead atoms. The van der Waals surface area contributed by atoms with Crippen LogP contribution in [0.1, 0.15) is 39.6 Å². The number of hydrogen-bond donors (Lipinski definition) is 2. The number of aryl methyl sites for hydroxylation is 2. The lowest BCUT2D eigenvalue weighted by atomic mass is 9.97. The Labute approximate surface area is 193 Å². The van der Waals surface area contributed by atoms with Gasteiger partial charge in [0.25, 0.3) is 11.5 Å². The van der Waals surface area contributed by atoms with Crippen LogP contribution in [0.15, 0.2) is 29.1 Å². The number of thiophene rings is 1. The van der Waals surface area contributed by atoms with Gasteiger partial charge in [0.15, 0.2) is 0 Å². The van der Waals surface area contributed by atoms with Crippen LogP contribution in [0.5, 0.6) is 0 Å². The van der Waals surface area contributed by atoms with Crippen molar-refractivity contribution in [2.75, 3.05) is 26.2 Å². The maximum Gasteiger partial charge on any atom is 0.270 e. The highest BCUT2D eigenvalue weighted by molar-refractivity contribution is 7.18. The van der Waals surface area contributed by atoms with E-state index in [2.05, 4.69) is 14.9 Å². The minimum Gasteiger partial charge on any atom is -0.350 e. The van der Waals surface area contributed by atoms with Crippen molar-refractivity contribution in [2.45, 2.75) is 32.2 Å². The van der Waals surface area contributed by atoms with Gasteiger partial charge in [-0.1, -0.05) is 6.07 Å². The molecule has 4 heterocycles. The van der Waals surface area contributed by atoms with Gasteiger partial charge in [0.2, 0.25) is 0 Å². The molecule has 7 nitrogen and oxygen atoms in total. The molecular formula is C24H24FN5O2S. The second-order valence-electron chi connectivity index (χ2n) is 8.86. The molecule has 9 heteroatoms. The van der Waals surface area contributed by atoms with Crippen molar-refractivity contribution >= 4 is 38.4 Å². The van der Waals surface area contributed by atoms with E-state index in [-0.39, 0.29) is 17.3 Å².